The van der Waals surface area contributed by atoms with E-state index in [0.29, 0.717) is 11.3 Å². The number of hydrazine groups is 1. The third kappa shape index (κ3) is 5.47. The van der Waals surface area contributed by atoms with E-state index in [9.17, 15) is 9.59 Å². The summed E-state index contributed by atoms with van der Waals surface area (Å²) in [6, 6.07) is 17.7. The van der Waals surface area contributed by atoms with Gasteiger partial charge in [0, 0.05) is 6.20 Å². The van der Waals surface area contributed by atoms with E-state index in [4.69, 9.17) is 33.2 Å². The summed E-state index contributed by atoms with van der Waals surface area (Å²) >= 11 is 11.5. The van der Waals surface area contributed by atoms with Crippen LogP contribution in [-0.2, 0) is 4.79 Å². The standard InChI is InChI=1S/C21H14Cl2N4O3/c22-18-9-16(11-25-20(18)23)21(29)27-26-19(28)12-30-17-7-5-15(6-8-17)14-3-1-13(10-24)2-4-14/h1-9,11H,12H2,(H,26,28)(H,27,29). The number of nitrogens with zero attached hydrogens (tertiary/aromatic N) is 2. The van der Waals surface area contributed by atoms with Gasteiger partial charge < -0.3 is 4.74 Å². The van der Waals surface area contributed by atoms with Gasteiger partial charge in [0.2, 0.25) is 0 Å². The summed E-state index contributed by atoms with van der Waals surface area (Å²) in [6.45, 7) is -0.296. The second-order valence-electron chi connectivity index (χ2n) is 6.00. The zero-order valence-electron chi connectivity index (χ0n) is 15.4. The highest BCUT2D eigenvalue weighted by Crippen LogP contribution is 2.23. The minimum absolute atomic E-state index is 0.0795. The first-order chi connectivity index (χ1) is 14.5. The molecule has 0 saturated heterocycles. The number of hydrogen-bond acceptors (Lipinski definition) is 5. The van der Waals surface area contributed by atoms with Crippen LogP contribution in [0.2, 0.25) is 10.2 Å². The van der Waals surface area contributed by atoms with E-state index in [1.807, 2.05) is 24.3 Å². The first-order valence-electron chi connectivity index (χ1n) is 8.60. The number of benzene rings is 2. The van der Waals surface area contributed by atoms with Crippen LogP contribution in [0.15, 0.2) is 60.8 Å². The number of nitriles is 1. The van der Waals surface area contributed by atoms with E-state index in [1.165, 1.54) is 12.3 Å². The zero-order chi connectivity index (χ0) is 21.5. The largest absolute Gasteiger partial charge is 0.484 e. The quantitative estimate of drug-likeness (QED) is 0.464. The van der Waals surface area contributed by atoms with Crippen LogP contribution in [0.5, 0.6) is 5.75 Å². The Kier molecular flexibility index (Phi) is 6.86. The maximum absolute atomic E-state index is 12.0. The van der Waals surface area contributed by atoms with Gasteiger partial charge >= 0.3 is 0 Å². The lowest BCUT2D eigenvalue weighted by molar-refractivity contribution is -0.123. The fourth-order valence-corrected chi connectivity index (χ4v) is 2.68. The summed E-state index contributed by atoms with van der Waals surface area (Å²) in [5.41, 5.74) is 7.11. The molecule has 7 nitrogen and oxygen atoms in total. The second-order valence-corrected chi connectivity index (χ2v) is 6.77. The Labute approximate surface area is 182 Å². The van der Waals surface area contributed by atoms with Gasteiger partial charge in [0.15, 0.2) is 6.61 Å². The van der Waals surface area contributed by atoms with Crippen molar-refractivity contribution >= 4 is 35.0 Å². The van der Waals surface area contributed by atoms with Crippen LogP contribution in [0.1, 0.15) is 15.9 Å². The summed E-state index contributed by atoms with van der Waals surface area (Å²) in [5, 5.41) is 9.06. The highest BCUT2D eigenvalue weighted by Gasteiger charge is 2.11. The number of carbonyl (C=O) groups excluding carboxylic acids is 2. The Bertz CT molecular complexity index is 1110. The van der Waals surface area contributed by atoms with Crippen LogP contribution in [0.3, 0.4) is 0 Å². The third-order valence-electron chi connectivity index (χ3n) is 3.95. The van der Waals surface area contributed by atoms with E-state index < -0.39 is 11.8 Å². The number of nitrogens with one attached hydrogen (secondary N) is 2. The summed E-state index contributed by atoms with van der Waals surface area (Å²) < 4.78 is 5.41. The van der Waals surface area contributed by atoms with Gasteiger partial charge in [-0.2, -0.15) is 5.26 Å². The van der Waals surface area contributed by atoms with Crippen LogP contribution in [-0.4, -0.2) is 23.4 Å². The average Bonchev–Trinajstić information content (AvgIpc) is 2.78. The van der Waals surface area contributed by atoms with E-state index >= 15 is 0 Å². The van der Waals surface area contributed by atoms with E-state index in [0.717, 1.165) is 11.1 Å². The number of pyridine rings is 1. The molecule has 0 unspecified atom stereocenters. The first-order valence-corrected chi connectivity index (χ1v) is 9.35. The normalized spacial score (nSPS) is 10.0. The molecule has 1 heterocycles. The molecule has 1 aromatic heterocycles. The molecule has 2 amide bonds. The van der Waals surface area contributed by atoms with Crippen LogP contribution in [0.25, 0.3) is 11.1 Å². The molecule has 2 N–H and O–H groups in total. The van der Waals surface area contributed by atoms with E-state index in [1.54, 1.807) is 24.3 Å². The Balaban J connectivity index is 1.49. The fourth-order valence-electron chi connectivity index (χ4n) is 2.41. The number of hydrogen-bond donors (Lipinski definition) is 2. The van der Waals surface area contributed by atoms with Gasteiger partial charge in [-0.1, -0.05) is 47.5 Å². The molecule has 3 aromatic rings. The van der Waals surface area contributed by atoms with Crippen molar-refractivity contribution in [3.05, 3.63) is 82.1 Å². The Morgan fingerprint density at radius 1 is 1.00 bits per heavy atom. The molecule has 0 atom stereocenters. The molecule has 0 aliphatic heterocycles. The Hall–Kier alpha value is -3.60. The molecule has 2 aromatic carbocycles. The average molecular weight is 441 g/mol. The van der Waals surface area contributed by atoms with Gasteiger partial charge in [0.1, 0.15) is 10.9 Å². The minimum atomic E-state index is -0.596. The number of carbonyl (C=O) groups is 2. The number of aromatic nitrogens is 1. The van der Waals surface area contributed by atoms with Crippen molar-refractivity contribution in [2.75, 3.05) is 6.61 Å². The highest BCUT2D eigenvalue weighted by molar-refractivity contribution is 6.41. The van der Waals surface area contributed by atoms with Crippen LogP contribution in [0, 0.1) is 11.3 Å². The number of ether oxygens (including phenoxy) is 1. The predicted molar refractivity (Wildman–Crippen MR) is 112 cm³/mol. The van der Waals surface area contributed by atoms with Crippen LogP contribution >= 0.6 is 23.2 Å². The van der Waals surface area contributed by atoms with Gasteiger partial charge in [-0.3, -0.25) is 20.4 Å². The van der Waals surface area contributed by atoms with Crippen LogP contribution < -0.4 is 15.6 Å². The lowest BCUT2D eigenvalue weighted by atomic mass is 10.0. The fraction of sp³-hybridized carbons (Fsp3) is 0.0476. The molecule has 0 aliphatic carbocycles. The van der Waals surface area contributed by atoms with E-state index in [-0.39, 0.29) is 22.3 Å². The lowest BCUT2D eigenvalue weighted by Crippen LogP contribution is -2.43. The maximum Gasteiger partial charge on any atom is 0.276 e. The Morgan fingerprint density at radius 3 is 2.23 bits per heavy atom. The van der Waals surface area contributed by atoms with Crippen LogP contribution in [0.4, 0.5) is 0 Å². The molecule has 0 radical (unpaired) electrons. The van der Waals surface area contributed by atoms with Crippen molar-refractivity contribution in [3.63, 3.8) is 0 Å². The molecule has 0 spiro atoms. The lowest BCUT2D eigenvalue weighted by Gasteiger charge is -2.09. The van der Waals surface area contributed by atoms with Crippen molar-refractivity contribution in [1.82, 2.24) is 15.8 Å². The topological polar surface area (TPSA) is 104 Å². The van der Waals surface area contributed by atoms with E-state index in [2.05, 4.69) is 21.9 Å². The third-order valence-corrected chi connectivity index (χ3v) is 4.63. The summed E-state index contributed by atoms with van der Waals surface area (Å²) in [4.78, 5) is 27.6. The molecule has 3 rings (SSSR count). The van der Waals surface area contributed by atoms with Crippen molar-refractivity contribution in [2.45, 2.75) is 0 Å². The molecular weight excluding hydrogens is 427 g/mol. The maximum atomic E-state index is 12.0. The van der Waals surface area contributed by atoms with Crippen molar-refractivity contribution in [3.8, 4) is 22.9 Å². The number of amides is 2. The van der Waals surface area contributed by atoms with Crippen molar-refractivity contribution in [2.24, 2.45) is 0 Å². The van der Waals surface area contributed by atoms with Crippen molar-refractivity contribution in [1.29, 1.82) is 5.26 Å². The van der Waals surface area contributed by atoms with Gasteiger partial charge in [-0.15, -0.1) is 0 Å². The molecule has 0 saturated carbocycles. The van der Waals surface area contributed by atoms with Gasteiger partial charge in [-0.25, -0.2) is 4.98 Å². The van der Waals surface area contributed by atoms with Gasteiger partial charge in [-0.05, 0) is 41.5 Å². The number of halogens is 2. The summed E-state index contributed by atoms with van der Waals surface area (Å²) in [5.74, 6) is -0.656. The molecule has 150 valence electrons. The molecule has 9 heteroatoms. The predicted octanol–water partition coefficient (Wildman–Crippen LogP) is 3.77. The first kappa shape index (κ1) is 21.1. The highest BCUT2D eigenvalue weighted by atomic mass is 35.5. The van der Waals surface area contributed by atoms with Gasteiger partial charge in [0.25, 0.3) is 11.8 Å². The molecular formula is C21H14Cl2N4O3. The SMILES string of the molecule is N#Cc1ccc(-c2ccc(OCC(=O)NNC(=O)c3cnc(Cl)c(Cl)c3)cc2)cc1. The molecule has 0 fully saturated rings. The zero-order valence-corrected chi connectivity index (χ0v) is 16.9. The summed E-state index contributed by atoms with van der Waals surface area (Å²) in [7, 11) is 0. The van der Waals surface area contributed by atoms with Gasteiger partial charge in [0.05, 0.1) is 22.2 Å². The van der Waals surface area contributed by atoms with Crippen molar-refractivity contribution < 1.29 is 14.3 Å². The summed E-state index contributed by atoms with van der Waals surface area (Å²) in [6.07, 6.45) is 1.24. The molecule has 0 aliphatic rings. The molecule has 30 heavy (non-hydrogen) atoms. The minimum Gasteiger partial charge on any atom is -0.484 e. The Morgan fingerprint density at radius 2 is 1.63 bits per heavy atom. The second kappa shape index (κ2) is 9.74. The number of rotatable bonds is 5. The monoisotopic (exact) mass is 440 g/mol. The molecule has 0 bridgehead atoms. The smallest absolute Gasteiger partial charge is 0.276 e.